The molecule has 1 aliphatic rings. The molecular weight excluding hydrogens is 431 g/mol. The van der Waals surface area contributed by atoms with E-state index in [4.69, 9.17) is 16.3 Å². The summed E-state index contributed by atoms with van der Waals surface area (Å²) in [6.07, 6.45) is -7.47. The lowest BCUT2D eigenvalue weighted by Crippen LogP contribution is -2.54. The highest BCUT2D eigenvalue weighted by molar-refractivity contribution is 6.31. The van der Waals surface area contributed by atoms with Crippen LogP contribution in [0.3, 0.4) is 0 Å². The monoisotopic (exact) mass is 452 g/mol. The first-order chi connectivity index (χ1) is 13.8. The van der Waals surface area contributed by atoms with Crippen molar-refractivity contribution in [3.05, 3.63) is 33.9 Å². The van der Waals surface area contributed by atoms with Crippen LogP contribution in [-0.4, -0.2) is 37.1 Å². The molecule has 2 rings (SSSR count). The number of ether oxygens (including phenoxy) is 3. The maximum atomic E-state index is 13.6. The number of carbonyl (C=O) groups is 2. The second-order valence-electron chi connectivity index (χ2n) is 7.58. The predicted octanol–water partition coefficient (Wildman–Crippen LogP) is 2.95. The van der Waals surface area contributed by atoms with E-state index in [1.807, 2.05) is 20.8 Å². The molecule has 7 nitrogen and oxygen atoms in total. The first-order valence-electron chi connectivity index (χ1n) is 8.79. The normalized spacial score (nSPS) is 17.4. The van der Waals surface area contributed by atoms with Gasteiger partial charge in [-0.25, -0.2) is 15.5 Å². The predicted molar refractivity (Wildman–Crippen MR) is 99.1 cm³/mol. The minimum atomic E-state index is -4.89. The van der Waals surface area contributed by atoms with Crippen LogP contribution in [0.2, 0.25) is 5.02 Å². The van der Waals surface area contributed by atoms with Crippen LogP contribution in [0.25, 0.3) is 6.08 Å². The van der Waals surface area contributed by atoms with Gasteiger partial charge in [-0.15, -0.1) is 0 Å². The first-order valence-corrected chi connectivity index (χ1v) is 9.17. The van der Waals surface area contributed by atoms with E-state index in [1.54, 1.807) is 0 Å². The summed E-state index contributed by atoms with van der Waals surface area (Å²) in [6, 6.07) is 2.85. The molecule has 3 N–H and O–H groups in total. The van der Waals surface area contributed by atoms with Gasteiger partial charge >= 0.3 is 18.1 Å². The molecule has 1 aliphatic heterocycles. The zero-order chi connectivity index (χ0) is 22.9. The molecule has 1 heterocycles. The molecule has 30 heavy (non-hydrogen) atoms. The lowest BCUT2D eigenvalue weighted by atomic mass is 9.85. The summed E-state index contributed by atoms with van der Waals surface area (Å²) in [5.74, 6) is 0.731. The van der Waals surface area contributed by atoms with Gasteiger partial charge in [0.15, 0.2) is 0 Å². The van der Waals surface area contributed by atoms with Gasteiger partial charge in [0.25, 0.3) is 0 Å². The Labute approximate surface area is 175 Å². The van der Waals surface area contributed by atoms with Crippen LogP contribution < -0.4 is 10.6 Å². The summed E-state index contributed by atoms with van der Waals surface area (Å²) in [5.41, 5.74) is -0.453. The zero-order valence-electron chi connectivity index (χ0n) is 16.8. The van der Waals surface area contributed by atoms with E-state index in [2.05, 4.69) is 20.2 Å². The molecule has 0 saturated heterocycles. The van der Waals surface area contributed by atoms with Gasteiger partial charge in [0.1, 0.15) is 5.75 Å². The zero-order valence-corrected chi connectivity index (χ0v) is 17.5. The Balaban J connectivity index is 2.31. The molecule has 0 saturated carbocycles. The summed E-state index contributed by atoms with van der Waals surface area (Å²) in [4.78, 5) is 28.2. The second kappa shape index (κ2) is 8.83. The molecule has 2 atom stereocenters. The van der Waals surface area contributed by atoms with Gasteiger partial charge in [0.2, 0.25) is 19.0 Å². The van der Waals surface area contributed by atoms with Crippen molar-refractivity contribution in [2.45, 2.75) is 51.5 Å². The van der Waals surface area contributed by atoms with Crippen molar-refractivity contribution in [2.75, 3.05) is 6.79 Å². The van der Waals surface area contributed by atoms with E-state index in [9.17, 15) is 22.8 Å². The molecule has 2 unspecified atom stereocenters. The third-order valence-electron chi connectivity index (χ3n) is 4.25. The van der Waals surface area contributed by atoms with Crippen molar-refractivity contribution in [2.24, 2.45) is 0 Å². The largest absolute Gasteiger partial charge is 0.475 e. The minimum Gasteiger partial charge on any atom is -0.475 e. The van der Waals surface area contributed by atoms with Gasteiger partial charge in [-0.05, 0) is 36.1 Å². The second-order valence-corrected chi connectivity index (χ2v) is 7.99. The molecule has 11 heteroatoms. The van der Waals surface area contributed by atoms with E-state index in [1.165, 1.54) is 19.1 Å². The van der Waals surface area contributed by atoms with Crippen LogP contribution in [0.4, 0.5) is 13.2 Å². The van der Waals surface area contributed by atoms with Crippen LogP contribution in [0.5, 0.6) is 5.75 Å². The van der Waals surface area contributed by atoms with E-state index in [0.717, 1.165) is 6.08 Å². The molecule has 0 aliphatic carbocycles. The van der Waals surface area contributed by atoms with Crippen LogP contribution in [0.15, 0.2) is 17.7 Å². The van der Waals surface area contributed by atoms with E-state index in [0.29, 0.717) is 10.6 Å². The molecule has 1 aromatic rings. The molecule has 0 radical (unpaired) electrons. The average Bonchev–Trinajstić information content (AvgIpc) is 2.63. The van der Waals surface area contributed by atoms with Crippen molar-refractivity contribution < 1.29 is 47.7 Å². The lowest BCUT2D eigenvalue weighted by molar-refractivity contribution is -0.697. The van der Waals surface area contributed by atoms with Crippen LogP contribution in [0.1, 0.15) is 38.8 Å². The Morgan fingerprint density at radius 1 is 1.23 bits per heavy atom. The smallest absolute Gasteiger partial charge is 0.430 e. The summed E-state index contributed by atoms with van der Waals surface area (Å²) in [7, 11) is 0. The highest BCUT2D eigenvalue weighted by Crippen LogP contribution is 2.42. The minimum absolute atomic E-state index is 0.0592. The summed E-state index contributed by atoms with van der Waals surface area (Å²) >= 11 is 6.26. The topological polar surface area (TPSA) is 98.7 Å². The van der Waals surface area contributed by atoms with Gasteiger partial charge in [-0.3, -0.25) is 0 Å². The third kappa shape index (κ3) is 5.44. The van der Waals surface area contributed by atoms with Crippen molar-refractivity contribution in [1.29, 1.82) is 0 Å². The number of hydrogen-bond acceptors (Lipinski definition) is 6. The SMILES string of the molecule is CC(O[NH3+])C(=O)OCOC(=O)C1=Cc2cc(Cl)c(C(C)(C)C)cc2OC1C(F)(F)F. The van der Waals surface area contributed by atoms with Crippen LogP contribution in [-0.2, 0) is 29.3 Å². The van der Waals surface area contributed by atoms with Crippen LogP contribution >= 0.6 is 11.6 Å². The number of hydrogen-bond donors (Lipinski definition) is 1. The Kier molecular flexibility index (Phi) is 7.05. The number of halogens is 4. The Morgan fingerprint density at radius 2 is 1.87 bits per heavy atom. The van der Waals surface area contributed by atoms with Crippen molar-refractivity contribution in [3.8, 4) is 5.75 Å². The Bertz CT molecular complexity index is 863. The molecule has 0 bridgehead atoms. The van der Waals surface area contributed by atoms with Gasteiger partial charge in [0, 0.05) is 10.6 Å². The number of esters is 2. The quantitative estimate of drug-likeness (QED) is 0.419. The molecule has 0 fully saturated rings. The molecule has 0 spiro atoms. The van der Waals surface area contributed by atoms with Crippen LogP contribution in [0, 0.1) is 0 Å². The third-order valence-corrected chi connectivity index (χ3v) is 4.56. The molecular formula is C19H22ClF3NO6+. The summed E-state index contributed by atoms with van der Waals surface area (Å²) in [6.45, 7) is 5.99. The molecule has 0 amide bonds. The van der Waals surface area contributed by atoms with Gasteiger partial charge in [-0.2, -0.15) is 18.0 Å². The highest BCUT2D eigenvalue weighted by atomic mass is 35.5. The fourth-order valence-electron chi connectivity index (χ4n) is 2.61. The Hall–Kier alpha value is -2.30. The van der Waals surface area contributed by atoms with Crippen molar-refractivity contribution in [3.63, 3.8) is 0 Å². The van der Waals surface area contributed by atoms with Gasteiger partial charge in [-0.1, -0.05) is 32.4 Å². The van der Waals surface area contributed by atoms with E-state index < -0.39 is 48.1 Å². The van der Waals surface area contributed by atoms with Gasteiger partial charge in [0.05, 0.1) is 5.57 Å². The van der Waals surface area contributed by atoms with Gasteiger partial charge < -0.3 is 14.2 Å². The summed E-state index contributed by atoms with van der Waals surface area (Å²) in [5, 5.41) is 0.315. The van der Waals surface area contributed by atoms with Crippen molar-refractivity contribution in [1.82, 2.24) is 0 Å². The molecule has 166 valence electrons. The van der Waals surface area contributed by atoms with E-state index in [-0.39, 0.29) is 11.3 Å². The average molecular weight is 453 g/mol. The molecule has 1 aromatic carbocycles. The van der Waals surface area contributed by atoms with Crippen molar-refractivity contribution >= 4 is 29.6 Å². The Morgan fingerprint density at radius 3 is 2.40 bits per heavy atom. The number of alkyl halides is 3. The standard InChI is InChI=1S/C19H22ClF3NO6/c1-9(30-24)16(25)27-8-28-17(26)11-5-10-6-13(20)12(18(2,3)4)7-14(10)29-15(11)19(21,22)23/h5-7,9,15H,8H2,1-4,24H3/q+1. The molecule has 0 aromatic heterocycles. The maximum absolute atomic E-state index is 13.6. The lowest BCUT2D eigenvalue weighted by Gasteiger charge is -2.30. The number of fused-ring (bicyclic) bond motifs is 1. The fraction of sp³-hybridized carbons (Fsp3) is 0.474. The van der Waals surface area contributed by atoms with E-state index >= 15 is 0 Å². The number of carbonyl (C=O) groups excluding carboxylic acids is 2. The maximum Gasteiger partial charge on any atom is 0.430 e. The summed E-state index contributed by atoms with van der Waals surface area (Å²) < 4.78 is 55.0. The highest BCUT2D eigenvalue weighted by Gasteiger charge is 2.49. The number of quaternary nitrogens is 1. The fourth-order valence-corrected chi connectivity index (χ4v) is 3.07. The number of rotatable bonds is 5. The number of benzene rings is 1. The first kappa shape index (κ1) is 24.0.